The molecule has 0 aliphatic carbocycles. The minimum absolute atomic E-state index is 0.647. The maximum Gasteiger partial charge on any atom is 0.0451 e. The molecule has 0 spiro atoms. The van der Waals surface area contributed by atoms with Crippen LogP contribution in [0.1, 0.15) is 33.6 Å². The molecule has 0 aromatic heterocycles. The van der Waals surface area contributed by atoms with Crippen LogP contribution in [0.15, 0.2) is 11.1 Å². The van der Waals surface area contributed by atoms with Gasteiger partial charge in [-0.3, -0.25) is 0 Å². The van der Waals surface area contributed by atoms with Crippen molar-refractivity contribution in [2.24, 2.45) is 5.92 Å². The van der Waals surface area contributed by atoms with E-state index in [-0.39, 0.29) is 0 Å². The number of hydrogen-bond donors (Lipinski definition) is 1. The van der Waals surface area contributed by atoms with Gasteiger partial charge in [0, 0.05) is 13.1 Å². The van der Waals surface area contributed by atoms with Crippen LogP contribution in [0.3, 0.4) is 0 Å². The monoisotopic (exact) mass is 169 g/mol. The second-order valence-corrected chi connectivity index (χ2v) is 3.78. The van der Waals surface area contributed by atoms with Gasteiger partial charge in [0.05, 0.1) is 0 Å². The molecule has 0 atom stereocenters. The summed E-state index contributed by atoms with van der Waals surface area (Å²) in [6.45, 7) is 8.19. The number of nitrogens with zero attached hydrogens (tertiary/aromatic N) is 1. The Bertz CT molecular complexity index is 184. The highest BCUT2D eigenvalue weighted by molar-refractivity contribution is 5.19. The average molecular weight is 169 g/mol. The highest BCUT2D eigenvalue weighted by atomic mass is 16.5. The first-order chi connectivity index (χ1) is 5.65. The molecule has 0 aromatic rings. The lowest BCUT2D eigenvalue weighted by Gasteiger charge is -2.27. The molecule has 2 heteroatoms. The predicted molar refractivity (Wildman–Crippen MR) is 50.1 cm³/mol. The molecular formula is C10H19NO. The second kappa shape index (κ2) is 4.06. The van der Waals surface area contributed by atoms with Crippen molar-refractivity contribution >= 4 is 0 Å². The van der Waals surface area contributed by atoms with E-state index >= 15 is 0 Å². The zero-order chi connectivity index (χ0) is 9.14. The van der Waals surface area contributed by atoms with Crippen LogP contribution >= 0.6 is 0 Å². The molecule has 0 bridgehead atoms. The van der Waals surface area contributed by atoms with Gasteiger partial charge in [-0.1, -0.05) is 31.9 Å². The average Bonchev–Trinajstić information content (AvgIpc) is 2.03. The Hall–Kier alpha value is -0.340. The lowest BCUT2D eigenvalue weighted by atomic mass is 9.90. The molecule has 0 radical (unpaired) electrons. The Morgan fingerprint density at radius 1 is 1.50 bits per heavy atom. The van der Waals surface area contributed by atoms with Crippen LogP contribution < -0.4 is 0 Å². The summed E-state index contributed by atoms with van der Waals surface area (Å²) in [6, 6.07) is 0. The van der Waals surface area contributed by atoms with Gasteiger partial charge in [0.2, 0.25) is 0 Å². The zero-order valence-corrected chi connectivity index (χ0v) is 8.30. The van der Waals surface area contributed by atoms with Crippen LogP contribution in [0.5, 0.6) is 0 Å². The third-order valence-corrected chi connectivity index (χ3v) is 2.59. The van der Waals surface area contributed by atoms with E-state index in [0.29, 0.717) is 5.92 Å². The van der Waals surface area contributed by atoms with Crippen molar-refractivity contribution in [3.8, 4) is 0 Å². The topological polar surface area (TPSA) is 23.5 Å². The molecule has 1 heterocycles. The highest BCUT2D eigenvalue weighted by Crippen LogP contribution is 2.25. The first-order valence-corrected chi connectivity index (χ1v) is 4.79. The van der Waals surface area contributed by atoms with E-state index in [1.54, 1.807) is 5.57 Å². The molecule has 0 unspecified atom stereocenters. The molecule has 0 amide bonds. The summed E-state index contributed by atoms with van der Waals surface area (Å²) in [5.74, 6) is 0.647. The predicted octanol–water partition coefficient (Wildman–Crippen LogP) is 2.44. The van der Waals surface area contributed by atoms with Gasteiger partial charge in [-0.05, 0) is 18.8 Å². The normalized spacial score (nSPS) is 20.8. The van der Waals surface area contributed by atoms with E-state index in [1.165, 1.54) is 10.6 Å². The van der Waals surface area contributed by atoms with Gasteiger partial charge in [0.25, 0.3) is 0 Å². The fourth-order valence-electron chi connectivity index (χ4n) is 1.86. The summed E-state index contributed by atoms with van der Waals surface area (Å²) in [4.78, 5) is 0. The first kappa shape index (κ1) is 9.75. The van der Waals surface area contributed by atoms with Gasteiger partial charge in [0.1, 0.15) is 0 Å². The number of hydroxylamine groups is 2. The fourth-order valence-corrected chi connectivity index (χ4v) is 1.86. The fraction of sp³-hybridized carbons (Fsp3) is 0.800. The smallest absolute Gasteiger partial charge is 0.0451 e. The van der Waals surface area contributed by atoms with Gasteiger partial charge >= 0.3 is 0 Å². The van der Waals surface area contributed by atoms with Crippen molar-refractivity contribution in [2.75, 3.05) is 13.1 Å². The summed E-state index contributed by atoms with van der Waals surface area (Å²) < 4.78 is 0. The zero-order valence-electron chi connectivity index (χ0n) is 8.30. The van der Waals surface area contributed by atoms with Crippen molar-refractivity contribution in [2.45, 2.75) is 33.6 Å². The third-order valence-electron chi connectivity index (χ3n) is 2.59. The summed E-state index contributed by atoms with van der Waals surface area (Å²) in [7, 11) is 0. The van der Waals surface area contributed by atoms with Gasteiger partial charge in [-0.2, -0.15) is 5.06 Å². The van der Waals surface area contributed by atoms with Crippen molar-refractivity contribution in [3.63, 3.8) is 0 Å². The molecule has 1 N–H and O–H groups in total. The Balaban J connectivity index is 2.76. The minimum atomic E-state index is 0.647. The Morgan fingerprint density at radius 3 is 2.67 bits per heavy atom. The van der Waals surface area contributed by atoms with Crippen molar-refractivity contribution in [3.05, 3.63) is 11.1 Å². The van der Waals surface area contributed by atoms with E-state index < -0.39 is 0 Å². The molecule has 0 aromatic carbocycles. The molecule has 70 valence electrons. The number of rotatable bonds is 2. The van der Waals surface area contributed by atoms with Gasteiger partial charge in [-0.25, -0.2) is 0 Å². The Morgan fingerprint density at radius 2 is 2.17 bits per heavy atom. The molecule has 12 heavy (non-hydrogen) atoms. The van der Waals surface area contributed by atoms with Crippen molar-refractivity contribution < 1.29 is 5.21 Å². The summed E-state index contributed by atoms with van der Waals surface area (Å²) in [5, 5.41) is 10.7. The van der Waals surface area contributed by atoms with E-state index in [2.05, 4.69) is 20.8 Å². The number of hydrogen-bond acceptors (Lipinski definition) is 2. The lowest BCUT2D eigenvalue weighted by molar-refractivity contribution is -0.0867. The van der Waals surface area contributed by atoms with Crippen molar-refractivity contribution in [1.29, 1.82) is 0 Å². The minimum Gasteiger partial charge on any atom is -0.314 e. The van der Waals surface area contributed by atoms with Gasteiger partial charge < -0.3 is 5.21 Å². The molecule has 1 rings (SSSR count). The molecule has 0 fully saturated rings. The molecule has 2 nitrogen and oxygen atoms in total. The molecule has 0 saturated heterocycles. The van der Waals surface area contributed by atoms with Crippen LogP contribution in [0.4, 0.5) is 0 Å². The van der Waals surface area contributed by atoms with Crippen LogP contribution in [0.2, 0.25) is 0 Å². The first-order valence-electron chi connectivity index (χ1n) is 4.79. The second-order valence-electron chi connectivity index (χ2n) is 3.78. The molecular weight excluding hydrogens is 150 g/mol. The lowest BCUT2D eigenvalue weighted by Crippen LogP contribution is -2.29. The summed E-state index contributed by atoms with van der Waals surface area (Å²) in [6.07, 6.45) is 2.11. The van der Waals surface area contributed by atoms with Crippen LogP contribution in [-0.4, -0.2) is 23.4 Å². The maximum absolute atomic E-state index is 9.31. The van der Waals surface area contributed by atoms with Crippen LogP contribution in [0, 0.1) is 5.92 Å². The standard InChI is InChI=1S/C10H19NO/c1-4-9-7-11(12)6-5-10(9)8(2)3/h8,12H,4-7H2,1-3H3. The van der Waals surface area contributed by atoms with E-state index in [9.17, 15) is 5.21 Å². The van der Waals surface area contributed by atoms with E-state index in [1.807, 2.05) is 0 Å². The molecule has 0 saturated carbocycles. The van der Waals surface area contributed by atoms with E-state index in [4.69, 9.17) is 0 Å². The van der Waals surface area contributed by atoms with Gasteiger partial charge in [0.15, 0.2) is 0 Å². The summed E-state index contributed by atoms with van der Waals surface area (Å²) >= 11 is 0. The Kier molecular flexibility index (Phi) is 3.29. The third kappa shape index (κ3) is 2.08. The van der Waals surface area contributed by atoms with Crippen LogP contribution in [-0.2, 0) is 0 Å². The quantitative estimate of drug-likeness (QED) is 0.642. The largest absolute Gasteiger partial charge is 0.314 e. The summed E-state index contributed by atoms with van der Waals surface area (Å²) in [5.41, 5.74) is 2.99. The molecule has 1 aliphatic rings. The van der Waals surface area contributed by atoms with E-state index in [0.717, 1.165) is 25.9 Å². The highest BCUT2D eigenvalue weighted by Gasteiger charge is 2.17. The van der Waals surface area contributed by atoms with Gasteiger partial charge in [-0.15, -0.1) is 0 Å². The van der Waals surface area contributed by atoms with Crippen LogP contribution in [0.25, 0.3) is 0 Å². The Labute approximate surface area is 74.8 Å². The SMILES string of the molecule is CCC1=C(C(C)C)CCN(O)C1. The maximum atomic E-state index is 9.31. The molecule has 1 aliphatic heterocycles. The van der Waals surface area contributed by atoms with Crippen molar-refractivity contribution in [1.82, 2.24) is 5.06 Å².